The minimum absolute atomic E-state index is 0.108. The van der Waals surface area contributed by atoms with Crippen LogP contribution in [0.25, 0.3) is 5.69 Å². The van der Waals surface area contributed by atoms with Crippen molar-refractivity contribution in [3.8, 4) is 5.69 Å². The number of hydrogen-bond donors (Lipinski definition) is 1. The predicted molar refractivity (Wildman–Crippen MR) is 88.7 cm³/mol. The lowest BCUT2D eigenvalue weighted by molar-refractivity contribution is 0.591. The molecule has 0 aliphatic carbocycles. The van der Waals surface area contributed by atoms with Crippen molar-refractivity contribution in [1.29, 1.82) is 0 Å². The Hall–Kier alpha value is -2.74. The summed E-state index contributed by atoms with van der Waals surface area (Å²) in [5, 5.41) is 4.28. The molecule has 0 saturated carbocycles. The molecule has 0 fully saturated rings. The molecule has 6 nitrogen and oxygen atoms in total. The van der Waals surface area contributed by atoms with Crippen LogP contribution in [0.1, 0.15) is 11.3 Å². The molecule has 0 radical (unpaired) electrons. The van der Waals surface area contributed by atoms with Gasteiger partial charge in [-0.1, -0.05) is 18.2 Å². The Morgan fingerprint density at radius 1 is 1.17 bits per heavy atom. The first-order valence-electron chi connectivity index (χ1n) is 7.15. The zero-order chi connectivity index (χ0) is 17.2. The standard InChI is InChI=1S/C16H15FN4O2S/c1-12-10-16(21(19-12)14-6-8-18-9-7-14)20-24(22,23)11-13-4-2-3-5-15(13)17/h2-10,20H,11H2,1H3. The third-order valence-electron chi connectivity index (χ3n) is 3.30. The molecule has 0 atom stereocenters. The van der Waals surface area contributed by atoms with Gasteiger partial charge in [-0.3, -0.25) is 9.71 Å². The number of aryl methyl sites for hydroxylation is 1. The van der Waals surface area contributed by atoms with Crippen LogP contribution in [0.15, 0.2) is 54.9 Å². The summed E-state index contributed by atoms with van der Waals surface area (Å²) in [5.74, 6) is -0.725. The van der Waals surface area contributed by atoms with E-state index in [1.54, 1.807) is 43.6 Å². The second-order valence-electron chi connectivity index (χ2n) is 5.24. The van der Waals surface area contributed by atoms with Gasteiger partial charge in [-0.15, -0.1) is 0 Å². The average molecular weight is 346 g/mol. The third kappa shape index (κ3) is 3.60. The molecule has 0 unspecified atom stereocenters. The first-order chi connectivity index (χ1) is 11.4. The summed E-state index contributed by atoms with van der Waals surface area (Å²) < 4.78 is 42.4. The van der Waals surface area contributed by atoms with Crippen LogP contribution >= 0.6 is 0 Å². The minimum Gasteiger partial charge on any atom is -0.267 e. The van der Waals surface area contributed by atoms with E-state index >= 15 is 0 Å². The molecule has 0 spiro atoms. The van der Waals surface area contributed by atoms with Gasteiger partial charge in [0.1, 0.15) is 11.6 Å². The number of benzene rings is 1. The number of halogens is 1. The van der Waals surface area contributed by atoms with Crippen molar-refractivity contribution in [2.24, 2.45) is 0 Å². The molecule has 1 N–H and O–H groups in total. The van der Waals surface area contributed by atoms with Crippen LogP contribution < -0.4 is 4.72 Å². The third-order valence-corrected chi connectivity index (χ3v) is 4.51. The Balaban J connectivity index is 1.90. The molecule has 0 bridgehead atoms. The monoisotopic (exact) mass is 346 g/mol. The van der Waals surface area contributed by atoms with Crippen LogP contribution in [-0.2, 0) is 15.8 Å². The summed E-state index contributed by atoms with van der Waals surface area (Å²) in [6, 6.07) is 10.8. The van der Waals surface area contributed by atoms with Gasteiger partial charge in [-0.2, -0.15) is 5.10 Å². The maximum absolute atomic E-state index is 13.7. The highest BCUT2D eigenvalue weighted by Gasteiger charge is 2.18. The number of pyridine rings is 1. The van der Waals surface area contributed by atoms with E-state index in [1.165, 1.54) is 22.9 Å². The molecule has 3 rings (SSSR count). The number of sulfonamides is 1. The lowest BCUT2D eigenvalue weighted by Gasteiger charge is -2.11. The number of nitrogens with zero attached hydrogens (tertiary/aromatic N) is 3. The van der Waals surface area contributed by atoms with Crippen LogP contribution in [0.5, 0.6) is 0 Å². The normalized spacial score (nSPS) is 11.4. The molecule has 0 amide bonds. The minimum atomic E-state index is -3.79. The van der Waals surface area contributed by atoms with E-state index < -0.39 is 21.6 Å². The van der Waals surface area contributed by atoms with Gasteiger partial charge in [-0.25, -0.2) is 17.5 Å². The van der Waals surface area contributed by atoms with Crippen molar-refractivity contribution in [1.82, 2.24) is 14.8 Å². The van der Waals surface area contributed by atoms with Crippen molar-refractivity contribution in [2.75, 3.05) is 4.72 Å². The number of rotatable bonds is 5. The number of hydrogen-bond acceptors (Lipinski definition) is 4. The Bertz CT molecular complexity index is 955. The Morgan fingerprint density at radius 3 is 2.58 bits per heavy atom. The summed E-state index contributed by atoms with van der Waals surface area (Å²) in [4.78, 5) is 3.93. The van der Waals surface area contributed by atoms with Crippen molar-refractivity contribution in [2.45, 2.75) is 12.7 Å². The summed E-state index contributed by atoms with van der Waals surface area (Å²) in [6.07, 6.45) is 3.17. The van der Waals surface area contributed by atoms with E-state index in [2.05, 4.69) is 14.8 Å². The van der Waals surface area contributed by atoms with Crippen LogP contribution in [0, 0.1) is 12.7 Å². The molecule has 24 heavy (non-hydrogen) atoms. The van der Waals surface area contributed by atoms with Gasteiger partial charge in [0.15, 0.2) is 0 Å². The van der Waals surface area contributed by atoms with Crippen LogP contribution in [0.3, 0.4) is 0 Å². The van der Waals surface area contributed by atoms with Gasteiger partial charge in [0.05, 0.1) is 17.1 Å². The molecule has 8 heteroatoms. The molecule has 0 aliphatic rings. The van der Waals surface area contributed by atoms with E-state index in [9.17, 15) is 12.8 Å². The largest absolute Gasteiger partial charge is 0.267 e. The molecular formula is C16H15FN4O2S. The summed E-state index contributed by atoms with van der Waals surface area (Å²) in [5.41, 5.74) is 1.42. The van der Waals surface area contributed by atoms with Crippen LogP contribution in [0.4, 0.5) is 10.2 Å². The maximum Gasteiger partial charge on any atom is 0.238 e. The highest BCUT2D eigenvalue weighted by Crippen LogP contribution is 2.19. The van der Waals surface area contributed by atoms with E-state index in [4.69, 9.17) is 0 Å². The Labute approximate surface area is 139 Å². The predicted octanol–water partition coefficient (Wildman–Crippen LogP) is 2.66. The maximum atomic E-state index is 13.7. The van der Waals surface area contributed by atoms with Crippen molar-refractivity contribution in [3.63, 3.8) is 0 Å². The van der Waals surface area contributed by atoms with E-state index in [1.807, 2.05) is 0 Å². The fourth-order valence-electron chi connectivity index (χ4n) is 2.27. The molecular weight excluding hydrogens is 331 g/mol. The van der Waals surface area contributed by atoms with Gasteiger partial charge in [0.25, 0.3) is 0 Å². The van der Waals surface area contributed by atoms with Gasteiger partial charge in [0.2, 0.25) is 10.0 Å². The zero-order valence-corrected chi connectivity index (χ0v) is 13.7. The fourth-order valence-corrected chi connectivity index (χ4v) is 3.45. The van der Waals surface area contributed by atoms with Gasteiger partial charge in [-0.05, 0) is 25.1 Å². The van der Waals surface area contributed by atoms with Gasteiger partial charge < -0.3 is 0 Å². The summed E-state index contributed by atoms with van der Waals surface area (Å²) in [7, 11) is -3.79. The van der Waals surface area contributed by atoms with Crippen molar-refractivity contribution < 1.29 is 12.8 Å². The number of anilines is 1. The SMILES string of the molecule is Cc1cc(NS(=O)(=O)Cc2ccccc2F)n(-c2ccncc2)n1. The van der Waals surface area contributed by atoms with Crippen molar-refractivity contribution in [3.05, 3.63) is 71.9 Å². The highest BCUT2D eigenvalue weighted by atomic mass is 32.2. The highest BCUT2D eigenvalue weighted by molar-refractivity contribution is 7.91. The van der Waals surface area contributed by atoms with Crippen LogP contribution in [-0.4, -0.2) is 23.2 Å². The zero-order valence-electron chi connectivity index (χ0n) is 12.8. The number of nitrogens with one attached hydrogen (secondary N) is 1. The molecule has 2 heterocycles. The van der Waals surface area contributed by atoms with E-state index in [0.717, 1.165) is 0 Å². The molecule has 0 saturated heterocycles. The van der Waals surface area contributed by atoms with E-state index in [-0.39, 0.29) is 11.4 Å². The quantitative estimate of drug-likeness (QED) is 0.770. The first kappa shape index (κ1) is 16.1. The van der Waals surface area contributed by atoms with Gasteiger partial charge >= 0.3 is 0 Å². The fraction of sp³-hybridized carbons (Fsp3) is 0.125. The topological polar surface area (TPSA) is 76.9 Å². The smallest absolute Gasteiger partial charge is 0.238 e. The average Bonchev–Trinajstić information content (AvgIpc) is 2.90. The molecule has 0 aliphatic heterocycles. The Kier molecular flexibility index (Phi) is 4.30. The van der Waals surface area contributed by atoms with Crippen molar-refractivity contribution >= 4 is 15.8 Å². The van der Waals surface area contributed by atoms with Crippen LogP contribution in [0.2, 0.25) is 0 Å². The number of aromatic nitrogens is 3. The first-order valence-corrected chi connectivity index (χ1v) is 8.81. The summed E-state index contributed by atoms with van der Waals surface area (Å²) >= 11 is 0. The molecule has 1 aromatic carbocycles. The second kappa shape index (κ2) is 6.40. The van der Waals surface area contributed by atoms with E-state index in [0.29, 0.717) is 11.4 Å². The molecule has 124 valence electrons. The van der Waals surface area contributed by atoms with Gasteiger partial charge in [0, 0.05) is 24.0 Å². The lowest BCUT2D eigenvalue weighted by atomic mass is 10.2. The Morgan fingerprint density at radius 2 is 1.88 bits per heavy atom. The molecule has 3 aromatic rings. The lowest BCUT2D eigenvalue weighted by Crippen LogP contribution is -2.18. The summed E-state index contributed by atoms with van der Waals surface area (Å²) in [6.45, 7) is 1.76. The molecule has 2 aromatic heterocycles. The second-order valence-corrected chi connectivity index (χ2v) is 6.96.